The molecular weight excluding hydrogens is 643 g/mol. The summed E-state index contributed by atoms with van der Waals surface area (Å²) < 4.78 is 105. The average molecular weight is 691 g/mol. The summed E-state index contributed by atoms with van der Waals surface area (Å²) in [4.78, 5) is 24.2. The molecule has 4 aliphatic carbocycles. The Balaban J connectivity index is 1.25. The fourth-order valence-corrected chi connectivity index (χ4v) is 10.3. The van der Waals surface area contributed by atoms with Crippen molar-refractivity contribution >= 4 is 22.1 Å². The summed E-state index contributed by atoms with van der Waals surface area (Å²) in [6.45, 7) is 6.20. The molecule has 0 saturated heterocycles. The first-order chi connectivity index (χ1) is 21.1. The molecule has 0 aromatic carbocycles. The van der Waals surface area contributed by atoms with Crippen molar-refractivity contribution in [2.75, 3.05) is 6.61 Å². The van der Waals surface area contributed by atoms with Gasteiger partial charge in [-0.1, -0.05) is 20.8 Å². The monoisotopic (exact) mass is 690 g/mol. The summed E-state index contributed by atoms with van der Waals surface area (Å²) in [7, 11) is -6.54. The highest BCUT2D eigenvalue weighted by Crippen LogP contribution is 2.68. The smallest absolute Gasteiger partial charge is 0.432 e. The van der Waals surface area contributed by atoms with Crippen molar-refractivity contribution in [3.63, 3.8) is 0 Å². The molecule has 46 heavy (non-hydrogen) atoms. The molecule has 4 saturated carbocycles. The maximum Gasteiger partial charge on any atom is 0.432 e. The van der Waals surface area contributed by atoms with Crippen LogP contribution >= 0.6 is 0 Å². The number of hydrogen-bond donors (Lipinski definition) is 3. The summed E-state index contributed by atoms with van der Waals surface area (Å²) in [6.07, 6.45) is -4.31. The molecular formula is C31H47F5O9S. The fraction of sp³-hybridized carbons (Fsp3) is 0.935. The van der Waals surface area contributed by atoms with Crippen LogP contribution in [0.1, 0.15) is 97.8 Å². The van der Waals surface area contributed by atoms with E-state index in [1.165, 1.54) is 0 Å². The van der Waals surface area contributed by atoms with E-state index in [0.29, 0.717) is 30.1 Å². The Hall–Kier alpha value is -1.58. The van der Waals surface area contributed by atoms with Crippen molar-refractivity contribution in [2.24, 2.45) is 46.3 Å². The molecule has 0 radical (unpaired) electrons. The van der Waals surface area contributed by atoms with Crippen LogP contribution in [0.3, 0.4) is 0 Å². The number of ether oxygens (including phenoxy) is 2. The Morgan fingerprint density at radius 3 is 2.24 bits per heavy atom. The van der Waals surface area contributed by atoms with E-state index in [2.05, 4.69) is 25.5 Å². The van der Waals surface area contributed by atoms with Crippen molar-refractivity contribution in [1.82, 2.24) is 0 Å². The van der Waals surface area contributed by atoms with Gasteiger partial charge in [0.05, 0.1) is 18.8 Å². The van der Waals surface area contributed by atoms with Crippen molar-refractivity contribution in [3.8, 4) is 0 Å². The summed E-state index contributed by atoms with van der Waals surface area (Å²) in [5, 5.41) is 16.2. The molecule has 4 fully saturated rings. The molecule has 266 valence electrons. The van der Waals surface area contributed by atoms with E-state index in [9.17, 15) is 50.2 Å². The maximum atomic E-state index is 13.6. The van der Waals surface area contributed by atoms with E-state index in [1.54, 1.807) is 0 Å². The summed E-state index contributed by atoms with van der Waals surface area (Å²) >= 11 is 0. The van der Waals surface area contributed by atoms with E-state index < -0.39 is 58.7 Å². The second-order valence-electron chi connectivity index (χ2n) is 14.7. The van der Waals surface area contributed by atoms with Gasteiger partial charge in [0.1, 0.15) is 0 Å². The molecule has 2 unspecified atom stereocenters. The zero-order valence-electron chi connectivity index (χ0n) is 26.5. The van der Waals surface area contributed by atoms with Crippen LogP contribution in [0.4, 0.5) is 22.0 Å². The lowest BCUT2D eigenvalue weighted by Crippen LogP contribution is -2.58. The van der Waals surface area contributed by atoms with Gasteiger partial charge in [-0.05, 0) is 111 Å². The molecule has 0 aromatic rings. The van der Waals surface area contributed by atoms with Crippen LogP contribution in [0, 0.1) is 46.3 Å². The Labute approximate surface area is 266 Å². The third-order valence-corrected chi connectivity index (χ3v) is 13.2. The Kier molecular flexibility index (Phi) is 10.8. The van der Waals surface area contributed by atoms with Gasteiger partial charge in [-0.15, -0.1) is 0 Å². The highest BCUT2D eigenvalue weighted by molar-refractivity contribution is 7.86. The van der Waals surface area contributed by atoms with Crippen molar-refractivity contribution in [3.05, 3.63) is 0 Å². The molecule has 0 spiro atoms. The Bertz CT molecular complexity index is 1230. The number of hydrogen-bond acceptors (Lipinski definition) is 8. The largest absolute Gasteiger partial charge is 0.466 e. The molecule has 0 bridgehead atoms. The van der Waals surface area contributed by atoms with Gasteiger partial charge in [-0.3, -0.25) is 14.1 Å². The predicted octanol–water partition coefficient (Wildman–Crippen LogP) is 5.67. The second kappa shape index (κ2) is 13.4. The lowest BCUT2D eigenvalue weighted by molar-refractivity contribution is -0.259. The SMILES string of the molecule is C[C@H](CCC(=O)OCCCC(=O)OC(C(F)(F)F)C(F)(F)S(=O)(=O)O)[C@H]1CC[C@H]2[C@@H]3CCC4C[C@H](O)CC[C@]4(C)[C@H]3C[C@H](O)[C@]12C. The number of aliphatic hydroxyl groups excluding tert-OH is 2. The zero-order valence-corrected chi connectivity index (χ0v) is 27.3. The van der Waals surface area contributed by atoms with E-state index in [0.717, 1.165) is 51.4 Å². The summed E-state index contributed by atoms with van der Waals surface area (Å²) in [5.41, 5.74) is -0.164. The van der Waals surface area contributed by atoms with Gasteiger partial charge >= 0.3 is 33.5 Å². The minimum atomic E-state index is -6.54. The summed E-state index contributed by atoms with van der Waals surface area (Å²) in [6, 6.07) is 0. The number of rotatable bonds is 11. The standard InChI is InChI=1S/C31H47F5O9S/c1-17(6-11-25(39)44-14-4-5-26(40)45-27(30(32,33)34)31(35,36)46(41,42)43)21-9-10-22-20-8-7-18-15-19(37)12-13-28(18,2)23(20)16-24(38)29(21,22)3/h17-24,27,37-38H,4-16H2,1-3H3,(H,41,42,43)/t17-,18?,19-,20+,21-,22+,23+,24+,27?,28+,29-/m1/s1. The van der Waals surface area contributed by atoms with Gasteiger partial charge in [0.2, 0.25) is 0 Å². The minimum absolute atomic E-state index is 0.0316. The van der Waals surface area contributed by atoms with Crippen molar-refractivity contribution < 1.29 is 64.2 Å². The van der Waals surface area contributed by atoms with Crippen LogP contribution in [0.5, 0.6) is 0 Å². The van der Waals surface area contributed by atoms with Gasteiger partial charge < -0.3 is 19.7 Å². The first-order valence-electron chi connectivity index (χ1n) is 16.3. The maximum absolute atomic E-state index is 13.6. The topological polar surface area (TPSA) is 147 Å². The minimum Gasteiger partial charge on any atom is -0.466 e. The number of aliphatic hydroxyl groups is 2. The van der Waals surface area contributed by atoms with Crippen LogP contribution in [0.15, 0.2) is 0 Å². The molecule has 4 rings (SSSR count). The Morgan fingerprint density at radius 2 is 1.61 bits per heavy atom. The predicted molar refractivity (Wildman–Crippen MR) is 154 cm³/mol. The van der Waals surface area contributed by atoms with Crippen LogP contribution in [-0.2, 0) is 29.2 Å². The summed E-state index contributed by atoms with van der Waals surface area (Å²) in [5.74, 6) is -0.345. The highest BCUT2D eigenvalue weighted by atomic mass is 32.2. The van der Waals surface area contributed by atoms with Gasteiger partial charge in [0, 0.05) is 12.8 Å². The highest BCUT2D eigenvalue weighted by Gasteiger charge is 2.66. The zero-order chi connectivity index (χ0) is 34.5. The van der Waals surface area contributed by atoms with Gasteiger partial charge in [-0.25, -0.2) is 0 Å². The van der Waals surface area contributed by atoms with E-state index in [-0.39, 0.29) is 41.6 Å². The molecule has 4 aliphatic rings. The normalized spacial score (nSPS) is 37.8. The molecule has 0 aliphatic heterocycles. The van der Waals surface area contributed by atoms with Crippen LogP contribution in [0.25, 0.3) is 0 Å². The number of carbonyl (C=O) groups is 2. The van der Waals surface area contributed by atoms with Crippen LogP contribution in [-0.4, -0.2) is 71.5 Å². The number of alkyl halides is 5. The second-order valence-corrected chi connectivity index (χ2v) is 16.2. The lowest BCUT2D eigenvalue weighted by atomic mass is 9.43. The van der Waals surface area contributed by atoms with Gasteiger partial charge in [-0.2, -0.15) is 30.4 Å². The number of halogens is 5. The quantitative estimate of drug-likeness (QED) is 0.108. The van der Waals surface area contributed by atoms with Crippen LogP contribution < -0.4 is 0 Å². The van der Waals surface area contributed by atoms with E-state index >= 15 is 0 Å². The molecule has 11 atom stereocenters. The number of carbonyl (C=O) groups excluding carboxylic acids is 2. The first-order valence-corrected chi connectivity index (χ1v) is 17.7. The van der Waals surface area contributed by atoms with Crippen molar-refractivity contribution in [2.45, 2.75) is 128 Å². The van der Waals surface area contributed by atoms with E-state index in [1.807, 2.05) is 0 Å². The Morgan fingerprint density at radius 1 is 0.935 bits per heavy atom. The molecule has 0 heterocycles. The van der Waals surface area contributed by atoms with Crippen molar-refractivity contribution in [1.29, 1.82) is 0 Å². The fourth-order valence-electron chi connectivity index (χ4n) is 9.83. The third kappa shape index (κ3) is 7.08. The number of fused-ring (bicyclic) bond motifs is 5. The lowest BCUT2D eigenvalue weighted by Gasteiger charge is -2.62. The first kappa shape index (κ1) is 37.2. The molecule has 9 nitrogen and oxygen atoms in total. The number of esters is 2. The molecule has 15 heteroatoms. The average Bonchev–Trinajstić information content (AvgIpc) is 3.31. The molecule has 3 N–H and O–H groups in total. The van der Waals surface area contributed by atoms with E-state index in [4.69, 9.17) is 9.29 Å². The van der Waals surface area contributed by atoms with Gasteiger partial charge in [0.15, 0.2) is 0 Å². The molecule has 0 aromatic heterocycles. The van der Waals surface area contributed by atoms with Crippen LogP contribution in [0.2, 0.25) is 0 Å². The molecule has 0 amide bonds. The van der Waals surface area contributed by atoms with Gasteiger partial charge in [0.25, 0.3) is 6.10 Å². The third-order valence-electron chi connectivity index (χ3n) is 12.3.